The number of likely N-dealkylation sites (tertiary alicyclic amines) is 1. The second kappa shape index (κ2) is 9.92. The van der Waals surface area contributed by atoms with Gasteiger partial charge in [-0.1, -0.05) is 0 Å². The minimum atomic E-state index is -5.02. The Morgan fingerprint density at radius 3 is 2.16 bits per heavy atom. The fourth-order valence-corrected chi connectivity index (χ4v) is 4.76. The topological polar surface area (TPSA) is 97.1 Å². The van der Waals surface area contributed by atoms with Gasteiger partial charge in [-0.15, -0.1) is 0 Å². The van der Waals surface area contributed by atoms with E-state index in [0.29, 0.717) is 11.0 Å². The molecule has 1 aromatic rings. The Balaban J connectivity index is 1.80. The number of carboxylic acid groups (broad SMARTS) is 1. The van der Waals surface area contributed by atoms with Crippen LogP contribution in [0.3, 0.4) is 0 Å². The van der Waals surface area contributed by atoms with Gasteiger partial charge in [0.15, 0.2) is 6.10 Å². The molecule has 2 amide bonds. The van der Waals surface area contributed by atoms with E-state index >= 15 is 0 Å². The van der Waals surface area contributed by atoms with Gasteiger partial charge in [0.2, 0.25) is 6.23 Å². The molecule has 0 bridgehead atoms. The summed E-state index contributed by atoms with van der Waals surface area (Å²) in [5.74, 6) is -0.766. The molecule has 2 aliphatic heterocycles. The second-order valence-electron chi connectivity index (χ2n) is 9.89. The Kier molecular flexibility index (Phi) is 7.61. The highest BCUT2D eigenvalue weighted by Crippen LogP contribution is 2.39. The number of piperidine rings is 1. The van der Waals surface area contributed by atoms with E-state index in [1.165, 1.54) is 15.9 Å². The number of rotatable bonds is 3. The lowest BCUT2D eigenvalue weighted by Gasteiger charge is -2.43. The zero-order valence-corrected chi connectivity index (χ0v) is 20.2. The van der Waals surface area contributed by atoms with E-state index in [-0.39, 0.29) is 25.9 Å². The first-order chi connectivity index (χ1) is 16.9. The van der Waals surface area contributed by atoms with Gasteiger partial charge in [-0.25, -0.2) is 4.79 Å². The zero-order chi connectivity index (χ0) is 27.9. The van der Waals surface area contributed by atoms with Crippen LogP contribution in [0, 0.1) is 11.3 Å². The smallest absolute Gasteiger partial charge is 0.433 e. The molecule has 0 saturated carbocycles. The maximum Gasteiger partial charge on any atom is 0.433 e. The summed E-state index contributed by atoms with van der Waals surface area (Å²) in [6.45, 7) is 4.68. The molecule has 37 heavy (non-hydrogen) atoms. The first-order valence-electron chi connectivity index (χ1n) is 11.4. The van der Waals surface area contributed by atoms with Crippen LogP contribution in [-0.2, 0) is 15.7 Å². The van der Waals surface area contributed by atoms with E-state index in [9.17, 15) is 41.0 Å². The molecule has 0 aromatic heterocycles. The number of carbonyl (C=O) groups is 2. The minimum absolute atomic E-state index is 0.0784. The molecule has 2 heterocycles. The van der Waals surface area contributed by atoms with E-state index in [2.05, 4.69) is 0 Å². The summed E-state index contributed by atoms with van der Waals surface area (Å²) in [7, 11) is 0. The molecule has 3 rings (SSSR count). The van der Waals surface area contributed by atoms with Crippen molar-refractivity contribution in [1.82, 2.24) is 9.80 Å². The molecule has 0 aliphatic carbocycles. The van der Waals surface area contributed by atoms with Gasteiger partial charge in [-0.2, -0.15) is 31.6 Å². The van der Waals surface area contributed by atoms with Crippen molar-refractivity contribution in [3.8, 4) is 6.07 Å². The van der Waals surface area contributed by atoms with Gasteiger partial charge in [-0.3, -0.25) is 4.79 Å². The zero-order valence-electron chi connectivity index (χ0n) is 20.2. The average Bonchev–Trinajstić information content (AvgIpc) is 3.23. The number of anilines is 1. The number of halogens is 6. The number of carbonyl (C=O) groups excluding carboxylic acids is 1. The summed E-state index contributed by atoms with van der Waals surface area (Å²) in [5, 5.41) is 18.5. The van der Waals surface area contributed by atoms with Crippen molar-refractivity contribution < 1.29 is 45.8 Å². The summed E-state index contributed by atoms with van der Waals surface area (Å²) in [5.41, 5.74) is -3.34. The van der Waals surface area contributed by atoms with E-state index in [0.717, 1.165) is 12.1 Å². The van der Waals surface area contributed by atoms with E-state index in [1.54, 1.807) is 20.8 Å². The van der Waals surface area contributed by atoms with Gasteiger partial charge in [-0.05, 0) is 51.8 Å². The van der Waals surface area contributed by atoms with Crippen LogP contribution in [0.5, 0.6) is 0 Å². The van der Waals surface area contributed by atoms with Crippen LogP contribution >= 0.6 is 0 Å². The molecule has 14 heteroatoms. The summed E-state index contributed by atoms with van der Waals surface area (Å²) < 4.78 is 86.4. The molecule has 1 N–H and O–H groups in total. The van der Waals surface area contributed by atoms with Crippen LogP contribution in [0.1, 0.15) is 44.7 Å². The van der Waals surface area contributed by atoms with Crippen LogP contribution in [0.25, 0.3) is 0 Å². The molecule has 1 aromatic carbocycles. The number of hydrogen-bond donors (Lipinski definition) is 1. The van der Waals surface area contributed by atoms with Crippen LogP contribution in [0.4, 0.5) is 36.8 Å². The van der Waals surface area contributed by atoms with Crippen LogP contribution in [0.2, 0.25) is 0 Å². The highest BCUT2D eigenvalue weighted by atomic mass is 19.4. The molecule has 204 valence electrons. The Hall–Kier alpha value is -3.21. The monoisotopic (exact) mass is 536 g/mol. The normalized spacial score (nSPS) is 21.6. The Bertz CT molecular complexity index is 1070. The molecule has 2 fully saturated rings. The molecular formula is C23H26F6N4O4. The van der Waals surface area contributed by atoms with Crippen molar-refractivity contribution in [2.45, 2.75) is 69.9 Å². The molecule has 0 unspecified atom stereocenters. The Morgan fingerprint density at radius 2 is 1.70 bits per heavy atom. The summed E-state index contributed by atoms with van der Waals surface area (Å²) in [6.07, 6.45) is -14.9. The molecule has 0 spiro atoms. The molecule has 0 radical (unpaired) electrons. The summed E-state index contributed by atoms with van der Waals surface area (Å²) in [4.78, 5) is 27.8. The largest absolute Gasteiger partial charge is 0.465 e. The number of amides is 2. The summed E-state index contributed by atoms with van der Waals surface area (Å²) >= 11 is 0. The third kappa shape index (κ3) is 6.03. The Labute approximate surface area is 209 Å². The molecule has 2 saturated heterocycles. The Morgan fingerprint density at radius 1 is 1.11 bits per heavy atom. The van der Waals surface area contributed by atoms with Crippen LogP contribution < -0.4 is 4.90 Å². The second-order valence-corrected chi connectivity index (χ2v) is 9.89. The number of nitrogens with zero attached hydrogens (tertiary/aromatic N) is 4. The van der Waals surface area contributed by atoms with Crippen molar-refractivity contribution in [2.75, 3.05) is 24.5 Å². The predicted octanol–water partition coefficient (Wildman–Crippen LogP) is 4.44. The number of benzene rings is 1. The van der Waals surface area contributed by atoms with Crippen LogP contribution in [-0.4, -0.2) is 76.6 Å². The highest BCUT2D eigenvalue weighted by molar-refractivity contribution is 5.82. The lowest BCUT2D eigenvalue weighted by molar-refractivity contribution is -0.215. The number of alkyl halides is 6. The SMILES string of the molecule is CC(C)(C)N(C(=O)O)C1CCN(C(=O)[C@@H]2CN(c3ccc(C#N)c(C(F)(F)F)c3)[C@@H](C(F)(F)F)O2)CC1. The van der Waals surface area contributed by atoms with Gasteiger partial charge in [0, 0.05) is 30.4 Å². The van der Waals surface area contributed by atoms with Crippen molar-refractivity contribution >= 4 is 17.7 Å². The standard InChI is InChI=1S/C23H26F6N4O4/c1-21(2,3)33(20(35)36)14-6-8-31(9-7-14)18(34)17-12-32(19(37-17)23(27,28)29)15-5-4-13(11-30)16(10-15)22(24,25)26/h4-5,10,14,17,19H,6-9,12H2,1-3H3,(H,35,36)/t17-,19+/m0/s1. The minimum Gasteiger partial charge on any atom is -0.465 e. The highest BCUT2D eigenvalue weighted by Gasteiger charge is 2.53. The third-order valence-corrected chi connectivity index (χ3v) is 6.32. The lowest BCUT2D eigenvalue weighted by Crippen LogP contribution is -2.56. The van der Waals surface area contributed by atoms with Crippen molar-refractivity contribution in [3.05, 3.63) is 29.3 Å². The van der Waals surface area contributed by atoms with Crippen molar-refractivity contribution in [2.24, 2.45) is 0 Å². The van der Waals surface area contributed by atoms with E-state index in [4.69, 9.17) is 10.00 Å². The summed E-state index contributed by atoms with van der Waals surface area (Å²) in [6, 6.07) is 3.12. The average molecular weight is 536 g/mol. The fraction of sp³-hybridized carbons (Fsp3) is 0.609. The first kappa shape index (κ1) is 28.4. The van der Waals surface area contributed by atoms with E-state index in [1.807, 2.05) is 0 Å². The van der Waals surface area contributed by atoms with E-state index < -0.39 is 71.6 Å². The van der Waals surface area contributed by atoms with Gasteiger partial charge >= 0.3 is 18.4 Å². The first-order valence-corrected chi connectivity index (χ1v) is 11.4. The molecule has 2 atom stereocenters. The predicted molar refractivity (Wildman–Crippen MR) is 117 cm³/mol. The quantitative estimate of drug-likeness (QED) is 0.574. The lowest BCUT2D eigenvalue weighted by atomic mass is 9.96. The maximum atomic E-state index is 13.8. The number of ether oxygens (including phenoxy) is 1. The van der Waals surface area contributed by atoms with Gasteiger partial charge in [0.1, 0.15) is 0 Å². The molecule has 2 aliphatic rings. The van der Waals surface area contributed by atoms with Gasteiger partial charge in [0.05, 0.1) is 23.7 Å². The van der Waals surface area contributed by atoms with Crippen molar-refractivity contribution in [3.63, 3.8) is 0 Å². The number of nitriles is 1. The third-order valence-electron chi connectivity index (χ3n) is 6.32. The van der Waals surface area contributed by atoms with Gasteiger partial charge < -0.3 is 24.5 Å². The van der Waals surface area contributed by atoms with Gasteiger partial charge in [0.25, 0.3) is 5.91 Å². The molecular weight excluding hydrogens is 510 g/mol. The number of hydrogen-bond acceptors (Lipinski definition) is 5. The fourth-order valence-electron chi connectivity index (χ4n) is 4.76. The van der Waals surface area contributed by atoms with Crippen molar-refractivity contribution in [1.29, 1.82) is 5.26 Å². The van der Waals surface area contributed by atoms with Crippen LogP contribution in [0.15, 0.2) is 18.2 Å². The molecule has 8 nitrogen and oxygen atoms in total. The maximum absolute atomic E-state index is 13.8.